The van der Waals surface area contributed by atoms with E-state index in [1.165, 1.54) is 6.07 Å². The molecule has 0 aliphatic heterocycles. The zero-order chi connectivity index (χ0) is 13.5. The Morgan fingerprint density at radius 3 is 2.83 bits per heavy atom. The molecule has 0 radical (unpaired) electrons. The maximum Gasteiger partial charge on any atom is 0.338 e. The molecule has 5 heteroatoms. The lowest BCUT2D eigenvalue weighted by Gasteiger charge is -2.12. The number of rotatable bonds is 6. The summed E-state index contributed by atoms with van der Waals surface area (Å²) in [6, 6.07) is 3.24. The van der Waals surface area contributed by atoms with Gasteiger partial charge in [0, 0.05) is 12.8 Å². The van der Waals surface area contributed by atoms with Gasteiger partial charge < -0.3 is 9.47 Å². The Balaban J connectivity index is 2.78. The molecule has 18 heavy (non-hydrogen) atoms. The Labute approximate surface area is 112 Å². The van der Waals surface area contributed by atoms with Crippen molar-refractivity contribution in [2.45, 2.75) is 32.8 Å². The normalized spacial score (nSPS) is 12.2. The summed E-state index contributed by atoms with van der Waals surface area (Å²) >= 11 is 5.88. The van der Waals surface area contributed by atoms with Gasteiger partial charge in [-0.3, -0.25) is 0 Å². The molecule has 0 aliphatic rings. The smallest absolute Gasteiger partial charge is 0.338 e. The van der Waals surface area contributed by atoms with Crippen molar-refractivity contribution >= 4 is 17.6 Å². The molecule has 0 fully saturated rings. The van der Waals surface area contributed by atoms with Crippen molar-refractivity contribution in [2.75, 3.05) is 13.7 Å². The predicted octanol–water partition coefficient (Wildman–Crippen LogP) is 2.88. The Kier molecular flexibility index (Phi) is 6.09. The van der Waals surface area contributed by atoms with Crippen LogP contribution in [-0.2, 0) is 15.9 Å². The number of nitrogens with zero attached hydrogens (tertiary/aromatic N) is 1. The molecule has 0 N–H and O–H groups in total. The third-order valence-corrected chi connectivity index (χ3v) is 2.49. The minimum absolute atomic E-state index is 0.288. The van der Waals surface area contributed by atoms with Gasteiger partial charge in [0.1, 0.15) is 11.3 Å². The lowest BCUT2D eigenvalue weighted by molar-refractivity contribution is 0.0120. The number of hydrogen-bond acceptors (Lipinski definition) is 4. The van der Waals surface area contributed by atoms with Crippen molar-refractivity contribution in [1.29, 1.82) is 0 Å². The number of carbonyl (C=O) groups excluding carboxylic acids is 1. The van der Waals surface area contributed by atoms with Gasteiger partial charge in [0.05, 0.1) is 12.2 Å². The number of carbonyl (C=O) groups is 1. The number of hydrogen-bond donors (Lipinski definition) is 0. The van der Waals surface area contributed by atoms with E-state index in [0.29, 0.717) is 17.3 Å². The van der Waals surface area contributed by atoms with Gasteiger partial charge in [-0.15, -0.1) is 0 Å². The van der Waals surface area contributed by atoms with Gasteiger partial charge in [-0.1, -0.05) is 24.9 Å². The van der Waals surface area contributed by atoms with E-state index in [4.69, 9.17) is 21.1 Å². The number of pyridine rings is 1. The first-order valence-electron chi connectivity index (χ1n) is 5.93. The van der Waals surface area contributed by atoms with Crippen LogP contribution in [0.1, 0.15) is 36.3 Å². The molecular weight excluding hydrogens is 254 g/mol. The van der Waals surface area contributed by atoms with Gasteiger partial charge in [-0.2, -0.15) is 0 Å². The van der Waals surface area contributed by atoms with E-state index < -0.39 is 5.97 Å². The molecule has 0 saturated carbocycles. The fraction of sp³-hybridized carbons (Fsp3) is 0.538. The molecule has 0 amide bonds. The molecule has 0 spiro atoms. The number of methoxy groups -OCH3 is 1. The molecule has 1 rings (SSSR count). The van der Waals surface area contributed by atoms with Gasteiger partial charge in [0.2, 0.25) is 0 Å². The SMILES string of the molecule is CCCc1cc(C(=O)OC(C)COC)cc(Cl)n1. The second kappa shape index (κ2) is 7.34. The average molecular weight is 272 g/mol. The molecule has 1 heterocycles. The Morgan fingerprint density at radius 2 is 2.22 bits per heavy atom. The standard InChI is InChI=1S/C13H18ClNO3/c1-4-5-11-6-10(7-12(14)15-11)13(16)18-9(2)8-17-3/h6-7,9H,4-5,8H2,1-3H3. The van der Waals surface area contributed by atoms with Crippen LogP contribution in [0.2, 0.25) is 5.15 Å². The maximum atomic E-state index is 11.9. The number of halogens is 1. The summed E-state index contributed by atoms with van der Waals surface area (Å²) in [6.45, 7) is 4.19. The molecule has 1 atom stereocenters. The summed E-state index contributed by atoms with van der Waals surface area (Å²) in [7, 11) is 1.56. The fourth-order valence-electron chi connectivity index (χ4n) is 1.57. The molecule has 0 bridgehead atoms. The summed E-state index contributed by atoms with van der Waals surface area (Å²) in [5.74, 6) is -0.402. The number of aryl methyl sites for hydroxylation is 1. The monoisotopic (exact) mass is 271 g/mol. The van der Waals surface area contributed by atoms with Gasteiger partial charge >= 0.3 is 5.97 Å². The quantitative estimate of drug-likeness (QED) is 0.590. The van der Waals surface area contributed by atoms with Crippen LogP contribution in [0.15, 0.2) is 12.1 Å². The van der Waals surface area contributed by atoms with Crippen LogP contribution >= 0.6 is 11.6 Å². The van der Waals surface area contributed by atoms with Crippen LogP contribution < -0.4 is 0 Å². The highest BCUT2D eigenvalue weighted by Gasteiger charge is 2.14. The van der Waals surface area contributed by atoms with E-state index in [-0.39, 0.29) is 6.10 Å². The van der Waals surface area contributed by atoms with Crippen LogP contribution in [0, 0.1) is 0 Å². The van der Waals surface area contributed by atoms with E-state index in [1.807, 2.05) is 6.92 Å². The van der Waals surface area contributed by atoms with E-state index in [1.54, 1.807) is 20.1 Å². The molecular formula is C13H18ClNO3. The number of aromatic nitrogens is 1. The summed E-state index contributed by atoms with van der Waals surface area (Å²) in [5, 5.41) is 0.312. The van der Waals surface area contributed by atoms with Crippen LogP contribution in [0.4, 0.5) is 0 Å². The van der Waals surface area contributed by atoms with Crippen molar-refractivity contribution in [3.8, 4) is 0 Å². The zero-order valence-corrected chi connectivity index (χ0v) is 11.7. The van der Waals surface area contributed by atoms with Crippen molar-refractivity contribution in [2.24, 2.45) is 0 Å². The van der Waals surface area contributed by atoms with Crippen molar-refractivity contribution in [3.63, 3.8) is 0 Å². The van der Waals surface area contributed by atoms with Gasteiger partial charge in [0.15, 0.2) is 0 Å². The predicted molar refractivity (Wildman–Crippen MR) is 70.0 cm³/mol. The van der Waals surface area contributed by atoms with Gasteiger partial charge in [-0.05, 0) is 25.5 Å². The molecule has 1 aromatic heterocycles. The summed E-state index contributed by atoms with van der Waals surface area (Å²) in [5.41, 5.74) is 1.23. The summed E-state index contributed by atoms with van der Waals surface area (Å²) in [6.07, 6.45) is 1.44. The molecule has 1 unspecified atom stereocenters. The second-order valence-corrected chi connectivity index (χ2v) is 4.48. The largest absolute Gasteiger partial charge is 0.457 e. The minimum atomic E-state index is -0.402. The highest BCUT2D eigenvalue weighted by molar-refractivity contribution is 6.29. The fourth-order valence-corrected chi connectivity index (χ4v) is 1.80. The Bertz CT molecular complexity index is 409. The summed E-state index contributed by atoms with van der Waals surface area (Å²) < 4.78 is 10.1. The van der Waals surface area contributed by atoms with Crippen molar-refractivity contribution < 1.29 is 14.3 Å². The highest BCUT2D eigenvalue weighted by Crippen LogP contribution is 2.14. The van der Waals surface area contributed by atoms with Crippen LogP contribution in [0.25, 0.3) is 0 Å². The minimum Gasteiger partial charge on any atom is -0.457 e. The molecule has 1 aromatic rings. The Hall–Kier alpha value is -1.13. The van der Waals surface area contributed by atoms with E-state index in [2.05, 4.69) is 4.98 Å². The van der Waals surface area contributed by atoms with Gasteiger partial charge in [0.25, 0.3) is 0 Å². The third kappa shape index (κ3) is 4.63. The Morgan fingerprint density at radius 1 is 1.50 bits per heavy atom. The third-order valence-electron chi connectivity index (χ3n) is 2.30. The van der Waals surface area contributed by atoms with Crippen molar-refractivity contribution in [1.82, 2.24) is 4.98 Å². The second-order valence-electron chi connectivity index (χ2n) is 4.09. The first-order chi connectivity index (χ1) is 8.56. The van der Waals surface area contributed by atoms with Crippen LogP contribution in [0.5, 0.6) is 0 Å². The van der Waals surface area contributed by atoms with Gasteiger partial charge in [-0.25, -0.2) is 9.78 Å². The number of ether oxygens (including phenoxy) is 2. The summed E-state index contributed by atoms with van der Waals surface area (Å²) in [4.78, 5) is 16.0. The molecule has 0 saturated heterocycles. The molecule has 0 aromatic carbocycles. The van der Waals surface area contributed by atoms with E-state index in [9.17, 15) is 4.79 Å². The molecule has 100 valence electrons. The maximum absolute atomic E-state index is 11.9. The van der Waals surface area contributed by atoms with Crippen LogP contribution in [-0.4, -0.2) is 30.8 Å². The molecule has 0 aliphatic carbocycles. The lowest BCUT2D eigenvalue weighted by atomic mass is 10.1. The lowest BCUT2D eigenvalue weighted by Crippen LogP contribution is -2.19. The first-order valence-corrected chi connectivity index (χ1v) is 6.31. The highest BCUT2D eigenvalue weighted by atomic mass is 35.5. The average Bonchev–Trinajstić information content (AvgIpc) is 2.28. The first kappa shape index (κ1) is 14.9. The van der Waals surface area contributed by atoms with Crippen LogP contribution in [0.3, 0.4) is 0 Å². The zero-order valence-electron chi connectivity index (χ0n) is 10.9. The topological polar surface area (TPSA) is 48.4 Å². The van der Waals surface area contributed by atoms with Crippen molar-refractivity contribution in [3.05, 3.63) is 28.5 Å². The number of esters is 1. The van der Waals surface area contributed by atoms with E-state index >= 15 is 0 Å². The van der Waals surface area contributed by atoms with E-state index in [0.717, 1.165) is 18.5 Å². The molecule has 4 nitrogen and oxygen atoms in total.